The molecule has 1 aromatic carbocycles. The standard InChI is InChI=1S/C22H23FN4O4/c1-3-27-19(16-7-6-15(30-2)13-17(16)23)14-18(24-27)21(28)25-8-10-26(11-9-25)22(29)20-5-4-12-31-20/h4-7,12-14H,3,8-11H2,1-2H3. The summed E-state index contributed by atoms with van der Waals surface area (Å²) < 4.78 is 26.4. The summed E-state index contributed by atoms with van der Waals surface area (Å²) in [4.78, 5) is 28.7. The number of methoxy groups -OCH3 is 1. The Morgan fingerprint density at radius 2 is 1.81 bits per heavy atom. The molecule has 0 unspecified atom stereocenters. The van der Waals surface area contributed by atoms with Crippen molar-refractivity contribution in [1.82, 2.24) is 19.6 Å². The molecule has 31 heavy (non-hydrogen) atoms. The summed E-state index contributed by atoms with van der Waals surface area (Å²) in [7, 11) is 1.48. The minimum Gasteiger partial charge on any atom is -0.497 e. The average Bonchev–Trinajstić information content (AvgIpc) is 3.48. The van der Waals surface area contributed by atoms with E-state index < -0.39 is 5.82 Å². The summed E-state index contributed by atoms with van der Waals surface area (Å²) in [6, 6.07) is 9.49. The number of aromatic nitrogens is 2. The van der Waals surface area contributed by atoms with Crippen molar-refractivity contribution in [2.45, 2.75) is 13.5 Å². The van der Waals surface area contributed by atoms with Gasteiger partial charge in [0.1, 0.15) is 11.6 Å². The molecular formula is C22H23FN4O4. The van der Waals surface area contributed by atoms with Crippen LogP contribution in [0.4, 0.5) is 4.39 Å². The van der Waals surface area contributed by atoms with Gasteiger partial charge in [-0.3, -0.25) is 14.3 Å². The molecule has 1 aliphatic rings. The quantitative estimate of drug-likeness (QED) is 0.627. The van der Waals surface area contributed by atoms with Crippen LogP contribution in [0.3, 0.4) is 0 Å². The lowest BCUT2D eigenvalue weighted by molar-refractivity contribution is 0.0515. The van der Waals surface area contributed by atoms with Gasteiger partial charge in [0.25, 0.3) is 11.8 Å². The van der Waals surface area contributed by atoms with Crippen LogP contribution in [0.1, 0.15) is 28.0 Å². The van der Waals surface area contributed by atoms with Crippen molar-refractivity contribution in [3.05, 3.63) is 59.9 Å². The molecule has 4 rings (SSSR count). The van der Waals surface area contributed by atoms with E-state index in [1.165, 1.54) is 19.4 Å². The molecule has 1 saturated heterocycles. The molecule has 2 aromatic heterocycles. The smallest absolute Gasteiger partial charge is 0.289 e. The molecule has 0 radical (unpaired) electrons. The van der Waals surface area contributed by atoms with Crippen LogP contribution in [-0.2, 0) is 6.54 Å². The highest BCUT2D eigenvalue weighted by Gasteiger charge is 2.28. The zero-order valence-corrected chi connectivity index (χ0v) is 17.4. The van der Waals surface area contributed by atoms with E-state index in [9.17, 15) is 14.0 Å². The number of rotatable bonds is 5. The fraction of sp³-hybridized carbons (Fsp3) is 0.318. The van der Waals surface area contributed by atoms with Crippen LogP contribution in [0.2, 0.25) is 0 Å². The molecule has 8 nitrogen and oxygen atoms in total. The largest absolute Gasteiger partial charge is 0.497 e. The van der Waals surface area contributed by atoms with Crippen LogP contribution in [0.5, 0.6) is 5.75 Å². The maximum atomic E-state index is 14.6. The number of hydrogen-bond donors (Lipinski definition) is 0. The summed E-state index contributed by atoms with van der Waals surface area (Å²) in [5.41, 5.74) is 1.12. The lowest BCUT2D eigenvalue weighted by Gasteiger charge is -2.33. The Balaban J connectivity index is 1.49. The number of piperazine rings is 1. The third-order valence-electron chi connectivity index (χ3n) is 5.34. The van der Waals surface area contributed by atoms with Gasteiger partial charge in [0, 0.05) is 44.4 Å². The summed E-state index contributed by atoms with van der Waals surface area (Å²) in [5, 5.41) is 4.39. The molecule has 0 aliphatic carbocycles. The highest BCUT2D eigenvalue weighted by molar-refractivity contribution is 5.94. The Morgan fingerprint density at radius 1 is 1.10 bits per heavy atom. The molecule has 3 aromatic rings. The molecule has 2 amide bonds. The van der Waals surface area contributed by atoms with Gasteiger partial charge in [0.05, 0.1) is 19.1 Å². The molecule has 0 N–H and O–H groups in total. The maximum Gasteiger partial charge on any atom is 0.289 e. The van der Waals surface area contributed by atoms with Crippen molar-refractivity contribution in [2.75, 3.05) is 33.3 Å². The number of hydrogen-bond acceptors (Lipinski definition) is 5. The van der Waals surface area contributed by atoms with Gasteiger partial charge in [-0.15, -0.1) is 0 Å². The van der Waals surface area contributed by atoms with Crippen molar-refractivity contribution in [3.63, 3.8) is 0 Å². The van der Waals surface area contributed by atoms with E-state index in [0.29, 0.717) is 49.7 Å². The van der Waals surface area contributed by atoms with E-state index in [1.807, 2.05) is 6.92 Å². The van der Waals surface area contributed by atoms with E-state index in [-0.39, 0.29) is 23.3 Å². The lowest BCUT2D eigenvalue weighted by Crippen LogP contribution is -2.50. The zero-order valence-electron chi connectivity index (χ0n) is 17.4. The second kappa shape index (κ2) is 8.63. The predicted molar refractivity (Wildman–Crippen MR) is 110 cm³/mol. The number of nitrogens with zero attached hydrogens (tertiary/aromatic N) is 4. The summed E-state index contributed by atoms with van der Waals surface area (Å²) in [6.07, 6.45) is 1.46. The number of halogens is 1. The molecule has 162 valence electrons. The Kier molecular flexibility index (Phi) is 5.75. The molecule has 0 atom stereocenters. The minimum atomic E-state index is -0.446. The molecule has 0 saturated carbocycles. The van der Waals surface area contributed by atoms with E-state index in [4.69, 9.17) is 9.15 Å². The molecule has 0 bridgehead atoms. The molecule has 3 heterocycles. The number of carbonyl (C=O) groups is 2. The van der Waals surface area contributed by atoms with Gasteiger partial charge >= 0.3 is 0 Å². The van der Waals surface area contributed by atoms with Crippen LogP contribution in [-0.4, -0.2) is 64.7 Å². The minimum absolute atomic E-state index is 0.190. The lowest BCUT2D eigenvalue weighted by atomic mass is 10.1. The van der Waals surface area contributed by atoms with Gasteiger partial charge in [-0.05, 0) is 37.3 Å². The number of carbonyl (C=O) groups excluding carboxylic acids is 2. The van der Waals surface area contributed by atoms with Crippen molar-refractivity contribution in [2.24, 2.45) is 0 Å². The first-order valence-corrected chi connectivity index (χ1v) is 10.1. The molecule has 0 spiro atoms. The Labute approximate surface area is 178 Å². The fourth-order valence-corrected chi connectivity index (χ4v) is 3.64. The first-order valence-electron chi connectivity index (χ1n) is 10.1. The van der Waals surface area contributed by atoms with E-state index in [1.54, 1.807) is 44.8 Å². The van der Waals surface area contributed by atoms with Crippen LogP contribution in [0.15, 0.2) is 47.1 Å². The van der Waals surface area contributed by atoms with Gasteiger partial charge < -0.3 is 19.0 Å². The van der Waals surface area contributed by atoms with Crippen LogP contribution in [0.25, 0.3) is 11.3 Å². The van der Waals surface area contributed by atoms with Gasteiger partial charge in [-0.1, -0.05) is 0 Å². The van der Waals surface area contributed by atoms with Crippen LogP contribution >= 0.6 is 0 Å². The second-order valence-electron chi connectivity index (χ2n) is 7.14. The molecule has 1 fully saturated rings. The third kappa shape index (κ3) is 4.03. The summed E-state index contributed by atoms with van der Waals surface area (Å²) in [5.74, 6) is -0.176. The summed E-state index contributed by atoms with van der Waals surface area (Å²) in [6.45, 7) is 3.94. The Hall–Kier alpha value is -3.62. The van der Waals surface area contributed by atoms with Crippen molar-refractivity contribution < 1.29 is 23.1 Å². The second-order valence-corrected chi connectivity index (χ2v) is 7.14. The molecule has 1 aliphatic heterocycles. The van der Waals surface area contributed by atoms with Crippen molar-refractivity contribution in [3.8, 4) is 17.0 Å². The Morgan fingerprint density at radius 3 is 2.39 bits per heavy atom. The molecular weight excluding hydrogens is 403 g/mol. The number of benzene rings is 1. The van der Waals surface area contributed by atoms with Crippen LogP contribution in [0, 0.1) is 5.82 Å². The zero-order chi connectivity index (χ0) is 22.0. The number of amides is 2. The normalized spacial score (nSPS) is 14.0. The first kappa shape index (κ1) is 20.6. The van der Waals surface area contributed by atoms with E-state index >= 15 is 0 Å². The number of ether oxygens (including phenoxy) is 1. The highest BCUT2D eigenvalue weighted by atomic mass is 19.1. The maximum absolute atomic E-state index is 14.6. The average molecular weight is 426 g/mol. The van der Waals surface area contributed by atoms with Gasteiger partial charge in [0.2, 0.25) is 0 Å². The predicted octanol–water partition coefficient (Wildman–Crippen LogP) is 2.91. The highest BCUT2D eigenvalue weighted by Crippen LogP contribution is 2.27. The van der Waals surface area contributed by atoms with Crippen LogP contribution < -0.4 is 4.74 Å². The summed E-state index contributed by atoms with van der Waals surface area (Å²) >= 11 is 0. The number of furan rings is 1. The van der Waals surface area contributed by atoms with Crippen molar-refractivity contribution >= 4 is 11.8 Å². The van der Waals surface area contributed by atoms with E-state index in [2.05, 4.69) is 5.10 Å². The monoisotopic (exact) mass is 426 g/mol. The van der Waals surface area contributed by atoms with Gasteiger partial charge in [-0.25, -0.2) is 4.39 Å². The SMILES string of the molecule is CCn1nc(C(=O)N2CCN(C(=O)c3ccco3)CC2)cc1-c1ccc(OC)cc1F. The van der Waals surface area contributed by atoms with Crippen molar-refractivity contribution in [1.29, 1.82) is 0 Å². The molecule has 9 heteroatoms. The van der Waals surface area contributed by atoms with Gasteiger partial charge in [-0.2, -0.15) is 5.10 Å². The Bertz CT molecular complexity index is 1090. The fourth-order valence-electron chi connectivity index (χ4n) is 3.64. The third-order valence-corrected chi connectivity index (χ3v) is 5.34. The van der Waals surface area contributed by atoms with E-state index in [0.717, 1.165) is 0 Å². The topological polar surface area (TPSA) is 80.8 Å². The first-order chi connectivity index (χ1) is 15.0. The number of aryl methyl sites for hydroxylation is 1. The van der Waals surface area contributed by atoms with Gasteiger partial charge in [0.15, 0.2) is 11.5 Å².